The number of benzene rings is 2. The molecule has 2 N–H and O–H groups in total. The lowest BCUT2D eigenvalue weighted by molar-refractivity contribution is 0.269. The minimum absolute atomic E-state index is 0.292. The minimum atomic E-state index is 0.292. The summed E-state index contributed by atoms with van der Waals surface area (Å²) >= 11 is 12.3. The third kappa shape index (κ3) is 5.03. The third-order valence-electron chi connectivity index (χ3n) is 3.41. The molecule has 0 bridgehead atoms. The number of hydrogen-bond acceptors (Lipinski definition) is 3. The molecule has 0 aliphatic heterocycles. The molecule has 0 atom stereocenters. The van der Waals surface area contributed by atoms with Gasteiger partial charge in [0.1, 0.15) is 6.61 Å². The molecule has 0 aromatic heterocycles. The van der Waals surface area contributed by atoms with Crippen molar-refractivity contribution >= 4 is 23.2 Å². The molecule has 23 heavy (non-hydrogen) atoms. The largest absolute Gasteiger partial charge is 0.490 e. The fraction of sp³-hybridized carbons (Fsp3) is 0.333. The Morgan fingerprint density at radius 2 is 1.74 bits per heavy atom. The smallest absolute Gasteiger partial charge is 0.161 e. The van der Waals surface area contributed by atoms with Crippen LogP contribution in [-0.4, -0.2) is 13.2 Å². The molecule has 0 aliphatic rings. The second kappa shape index (κ2) is 9.02. The Morgan fingerprint density at radius 3 is 2.39 bits per heavy atom. The molecule has 0 heterocycles. The van der Waals surface area contributed by atoms with E-state index in [1.807, 2.05) is 31.2 Å². The maximum absolute atomic E-state index is 6.17. The highest BCUT2D eigenvalue weighted by molar-refractivity contribution is 6.35. The molecule has 0 unspecified atom stereocenters. The van der Waals surface area contributed by atoms with Crippen molar-refractivity contribution in [2.75, 3.05) is 13.2 Å². The molecule has 124 valence electrons. The minimum Gasteiger partial charge on any atom is -0.490 e. The molecular weight excluding hydrogens is 333 g/mol. The predicted molar refractivity (Wildman–Crippen MR) is 95.8 cm³/mol. The molecule has 0 fully saturated rings. The van der Waals surface area contributed by atoms with Gasteiger partial charge in [-0.2, -0.15) is 0 Å². The number of nitrogens with two attached hydrogens (primary N) is 1. The first-order valence-corrected chi connectivity index (χ1v) is 8.42. The topological polar surface area (TPSA) is 44.5 Å². The molecule has 0 saturated heterocycles. The molecule has 2 aromatic carbocycles. The number of rotatable bonds is 8. The SMILES string of the molecule is CCOc1cc(CCCN)ccc1OCc1c(Cl)cccc1Cl. The third-order valence-corrected chi connectivity index (χ3v) is 4.12. The number of hydrogen-bond donors (Lipinski definition) is 1. The van der Waals surface area contributed by atoms with Gasteiger partial charge in [-0.05, 0) is 56.1 Å². The van der Waals surface area contributed by atoms with E-state index in [1.54, 1.807) is 12.1 Å². The Labute approximate surface area is 147 Å². The molecule has 0 spiro atoms. The van der Waals surface area contributed by atoms with Gasteiger partial charge in [-0.15, -0.1) is 0 Å². The summed E-state index contributed by atoms with van der Waals surface area (Å²) in [5, 5.41) is 1.19. The van der Waals surface area contributed by atoms with Crippen LogP contribution < -0.4 is 15.2 Å². The Bertz CT molecular complexity index is 627. The summed E-state index contributed by atoms with van der Waals surface area (Å²) in [7, 11) is 0. The van der Waals surface area contributed by atoms with Crippen molar-refractivity contribution in [2.45, 2.75) is 26.4 Å². The zero-order chi connectivity index (χ0) is 16.7. The van der Waals surface area contributed by atoms with Crippen molar-refractivity contribution in [3.8, 4) is 11.5 Å². The van der Waals surface area contributed by atoms with E-state index in [9.17, 15) is 0 Å². The van der Waals surface area contributed by atoms with E-state index in [0.29, 0.717) is 35.6 Å². The Balaban J connectivity index is 2.15. The molecule has 0 aliphatic carbocycles. The van der Waals surface area contributed by atoms with Gasteiger partial charge >= 0.3 is 0 Å². The van der Waals surface area contributed by atoms with Crippen molar-refractivity contribution < 1.29 is 9.47 Å². The van der Waals surface area contributed by atoms with Gasteiger partial charge in [-0.25, -0.2) is 0 Å². The quantitative estimate of drug-likeness (QED) is 0.736. The molecule has 5 heteroatoms. The van der Waals surface area contributed by atoms with Crippen molar-refractivity contribution in [1.82, 2.24) is 0 Å². The van der Waals surface area contributed by atoms with Gasteiger partial charge in [0.15, 0.2) is 11.5 Å². The van der Waals surface area contributed by atoms with E-state index in [4.69, 9.17) is 38.4 Å². The standard InChI is InChI=1S/C18H21Cl2NO2/c1-2-22-18-11-13(5-4-10-21)8-9-17(18)23-12-14-15(19)6-3-7-16(14)20/h3,6-9,11H,2,4-5,10,12,21H2,1H3. The molecule has 0 radical (unpaired) electrons. The lowest BCUT2D eigenvalue weighted by Gasteiger charge is -2.14. The van der Waals surface area contributed by atoms with Gasteiger partial charge in [0.2, 0.25) is 0 Å². The van der Waals surface area contributed by atoms with Gasteiger partial charge < -0.3 is 15.2 Å². The lowest BCUT2D eigenvalue weighted by Crippen LogP contribution is -2.03. The van der Waals surface area contributed by atoms with E-state index >= 15 is 0 Å². The zero-order valence-corrected chi connectivity index (χ0v) is 14.7. The lowest BCUT2D eigenvalue weighted by atomic mass is 10.1. The number of ether oxygens (including phenoxy) is 2. The van der Waals surface area contributed by atoms with E-state index in [2.05, 4.69) is 0 Å². The molecule has 0 amide bonds. The van der Waals surface area contributed by atoms with Gasteiger partial charge in [0.05, 0.1) is 6.61 Å². The van der Waals surface area contributed by atoms with Crippen LogP contribution in [0.15, 0.2) is 36.4 Å². The monoisotopic (exact) mass is 353 g/mol. The number of aryl methyl sites for hydroxylation is 1. The first kappa shape index (κ1) is 17.9. The van der Waals surface area contributed by atoms with Gasteiger partial charge in [0.25, 0.3) is 0 Å². The average Bonchev–Trinajstić information content (AvgIpc) is 2.54. The summed E-state index contributed by atoms with van der Waals surface area (Å²) in [4.78, 5) is 0. The molecule has 0 saturated carbocycles. The van der Waals surface area contributed by atoms with Crippen molar-refractivity contribution in [3.63, 3.8) is 0 Å². The Morgan fingerprint density at radius 1 is 1.00 bits per heavy atom. The maximum Gasteiger partial charge on any atom is 0.161 e. The van der Waals surface area contributed by atoms with Crippen molar-refractivity contribution in [2.24, 2.45) is 5.73 Å². The molecule has 3 nitrogen and oxygen atoms in total. The van der Waals surface area contributed by atoms with Crippen LogP contribution in [0.25, 0.3) is 0 Å². The Hall–Kier alpha value is -1.42. The first-order chi connectivity index (χ1) is 11.2. The fourth-order valence-corrected chi connectivity index (χ4v) is 2.73. The van der Waals surface area contributed by atoms with Crippen LogP contribution in [0.3, 0.4) is 0 Å². The summed E-state index contributed by atoms with van der Waals surface area (Å²) in [5.41, 5.74) is 7.51. The zero-order valence-electron chi connectivity index (χ0n) is 13.1. The summed E-state index contributed by atoms with van der Waals surface area (Å²) in [6.07, 6.45) is 1.87. The van der Waals surface area contributed by atoms with Crippen LogP contribution in [0.2, 0.25) is 10.0 Å². The van der Waals surface area contributed by atoms with Crippen LogP contribution >= 0.6 is 23.2 Å². The molecular formula is C18H21Cl2NO2. The van der Waals surface area contributed by atoms with E-state index in [1.165, 1.54) is 5.56 Å². The normalized spacial score (nSPS) is 10.6. The van der Waals surface area contributed by atoms with E-state index < -0.39 is 0 Å². The summed E-state index contributed by atoms with van der Waals surface area (Å²) in [6, 6.07) is 11.4. The van der Waals surface area contributed by atoms with E-state index in [0.717, 1.165) is 24.2 Å². The summed E-state index contributed by atoms with van der Waals surface area (Å²) in [6.45, 7) is 3.48. The highest BCUT2D eigenvalue weighted by Gasteiger charge is 2.10. The predicted octanol–water partition coefficient (Wildman–Crippen LogP) is 4.86. The maximum atomic E-state index is 6.17. The van der Waals surface area contributed by atoms with Crippen LogP contribution in [0.5, 0.6) is 11.5 Å². The van der Waals surface area contributed by atoms with Crippen LogP contribution in [-0.2, 0) is 13.0 Å². The average molecular weight is 354 g/mol. The fourth-order valence-electron chi connectivity index (χ4n) is 2.22. The van der Waals surface area contributed by atoms with Crippen molar-refractivity contribution in [1.29, 1.82) is 0 Å². The molecule has 2 aromatic rings. The molecule has 2 rings (SSSR count). The highest BCUT2D eigenvalue weighted by atomic mass is 35.5. The van der Waals surface area contributed by atoms with Gasteiger partial charge in [0, 0.05) is 15.6 Å². The number of halogens is 2. The summed E-state index contributed by atoms with van der Waals surface area (Å²) in [5.74, 6) is 1.41. The van der Waals surface area contributed by atoms with Gasteiger partial charge in [-0.3, -0.25) is 0 Å². The second-order valence-electron chi connectivity index (χ2n) is 5.10. The van der Waals surface area contributed by atoms with Gasteiger partial charge in [-0.1, -0.05) is 35.3 Å². The first-order valence-electron chi connectivity index (χ1n) is 7.67. The van der Waals surface area contributed by atoms with Crippen molar-refractivity contribution in [3.05, 3.63) is 57.6 Å². The van der Waals surface area contributed by atoms with Crippen LogP contribution in [0, 0.1) is 0 Å². The second-order valence-corrected chi connectivity index (χ2v) is 5.91. The van der Waals surface area contributed by atoms with Crippen LogP contribution in [0.1, 0.15) is 24.5 Å². The highest BCUT2D eigenvalue weighted by Crippen LogP contribution is 2.32. The van der Waals surface area contributed by atoms with E-state index in [-0.39, 0.29) is 0 Å². The Kier molecular flexibility index (Phi) is 7.03. The summed E-state index contributed by atoms with van der Waals surface area (Å²) < 4.78 is 11.6. The van der Waals surface area contributed by atoms with Crippen LogP contribution in [0.4, 0.5) is 0 Å².